The molecule has 0 bridgehead atoms. The first kappa shape index (κ1) is 11.9. The van der Waals surface area contributed by atoms with Crippen LogP contribution in [0.4, 0.5) is 11.4 Å². The van der Waals surface area contributed by atoms with Crippen LogP contribution in [-0.4, -0.2) is 30.1 Å². The number of para-hydroxylation sites is 2. The third-order valence-corrected chi connectivity index (χ3v) is 3.15. The Morgan fingerprint density at radius 3 is 2.82 bits per heavy atom. The monoisotopic (exact) mass is 235 g/mol. The number of hydrogen-bond acceptors (Lipinski definition) is 4. The number of anilines is 1. The van der Waals surface area contributed by atoms with Crippen molar-refractivity contribution < 1.29 is 4.92 Å². The van der Waals surface area contributed by atoms with Crippen molar-refractivity contribution in [3.63, 3.8) is 0 Å². The van der Waals surface area contributed by atoms with E-state index >= 15 is 0 Å². The van der Waals surface area contributed by atoms with Gasteiger partial charge >= 0.3 is 0 Å². The number of nitrogens with one attached hydrogen (secondary N) is 1. The lowest BCUT2D eigenvalue weighted by atomic mass is 10.1. The fourth-order valence-electron chi connectivity index (χ4n) is 2.22. The molecule has 17 heavy (non-hydrogen) atoms. The van der Waals surface area contributed by atoms with Crippen LogP contribution in [0.15, 0.2) is 24.3 Å². The fraction of sp³-hybridized carbons (Fsp3) is 0.500. The molecular formula is C12H17N3O2. The smallest absolute Gasteiger partial charge is 0.292 e. The summed E-state index contributed by atoms with van der Waals surface area (Å²) in [6.45, 7) is 5.82. The van der Waals surface area contributed by atoms with Gasteiger partial charge in [-0.1, -0.05) is 12.1 Å². The van der Waals surface area contributed by atoms with Crippen LogP contribution in [0.25, 0.3) is 0 Å². The molecule has 5 heteroatoms. The SMILES string of the molecule is C[C@@H]1CN(c2ccccc2[N+](=O)[O-])[C@@H](C)CN1. The van der Waals surface area contributed by atoms with Crippen molar-refractivity contribution in [2.45, 2.75) is 25.9 Å². The zero-order valence-electron chi connectivity index (χ0n) is 10.1. The summed E-state index contributed by atoms with van der Waals surface area (Å²) in [5.41, 5.74) is 0.909. The highest BCUT2D eigenvalue weighted by atomic mass is 16.6. The van der Waals surface area contributed by atoms with Gasteiger partial charge in [-0.2, -0.15) is 0 Å². The Bertz CT molecular complexity index is 422. The molecule has 0 unspecified atom stereocenters. The second kappa shape index (κ2) is 4.71. The number of rotatable bonds is 2. The Hall–Kier alpha value is -1.62. The third kappa shape index (κ3) is 2.39. The van der Waals surface area contributed by atoms with Crippen LogP contribution in [0.5, 0.6) is 0 Å². The summed E-state index contributed by atoms with van der Waals surface area (Å²) in [6.07, 6.45) is 0. The van der Waals surface area contributed by atoms with Gasteiger partial charge < -0.3 is 10.2 Å². The highest BCUT2D eigenvalue weighted by molar-refractivity contribution is 5.64. The molecule has 5 nitrogen and oxygen atoms in total. The van der Waals surface area contributed by atoms with Gasteiger partial charge in [0.1, 0.15) is 5.69 Å². The zero-order valence-corrected chi connectivity index (χ0v) is 10.1. The molecule has 2 rings (SSSR count). The van der Waals surface area contributed by atoms with Crippen LogP contribution < -0.4 is 10.2 Å². The summed E-state index contributed by atoms with van der Waals surface area (Å²) in [6, 6.07) is 7.57. The Morgan fingerprint density at radius 1 is 1.41 bits per heavy atom. The maximum atomic E-state index is 11.0. The van der Waals surface area contributed by atoms with Crippen molar-refractivity contribution in [2.24, 2.45) is 0 Å². The van der Waals surface area contributed by atoms with Crippen molar-refractivity contribution in [2.75, 3.05) is 18.0 Å². The van der Waals surface area contributed by atoms with Crippen LogP contribution in [0.1, 0.15) is 13.8 Å². The van der Waals surface area contributed by atoms with Gasteiger partial charge in [-0.05, 0) is 19.9 Å². The molecule has 0 radical (unpaired) electrons. The van der Waals surface area contributed by atoms with Gasteiger partial charge in [0.05, 0.1) is 4.92 Å². The largest absolute Gasteiger partial charge is 0.360 e. The summed E-state index contributed by atoms with van der Waals surface area (Å²) >= 11 is 0. The molecule has 1 fully saturated rings. The second-order valence-corrected chi connectivity index (χ2v) is 4.56. The Morgan fingerprint density at radius 2 is 2.12 bits per heavy atom. The van der Waals surface area contributed by atoms with E-state index in [0.717, 1.165) is 18.8 Å². The molecule has 92 valence electrons. The first-order valence-corrected chi connectivity index (χ1v) is 5.83. The molecule has 1 heterocycles. The molecule has 0 spiro atoms. The summed E-state index contributed by atoms with van der Waals surface area (Å²) < 4.78 is 0. The molecule has 2 atom stereocenters. The van der Waals surface area contributed by atoms with Gasteiger partial charge in [-0.25, -0.2) is 0 Å². The maximum Gasteiger partial charge on any atom is 0.292 e. The number of nitrogens with zero attached hydrogens (tertiary/aromatic N) is 2. The Balaban J connectivity index is 2.35. The van der Waals surface area contributed by atoms with E-state index in [-0.39, 0.29) is 16.7 Å². The third-order valence-electron chi connectivity index (χ3n) is 3.15. The van der Waals surface area contributed by atoms with Crippen LogP contribution in [0, 0.1) is 10.1 Å². The molecule has 0 aromatic heterocycles. The van der Waals surface area contributed by atoms with Gasteiger partial charge in [0, 0.05) is 31.2 Å². The average Bonchev–Trinajstić information content (AvgIpc) is 2.32. The van der Waals surface area contributed by atoms with E-state index in [0.29, 0.717) is 6.04 Å². The lowest BCUT2D eigenvalue weighted by Crippen LogP contribution is -2.54. The van der Waals surface area contributed by atoms with Crippen molar-refractivity contribution in [1.29, 1.82) is 0 Å². The van der Waals surface area contributed by atoms with Crippen LogP contribution in [0.3, 0.4) is 0 Å². The van der Waals surface area contributed by atoms with E-state index in [1.165, 1.54) is 0 Å². The van der Waals surface area contributed by atoms with Crippen LogP contribution in [0.2, 0.25) is 0 Å². The summed E-state index contributed by atoms with van der Waals surface area (Å²) in [4.78, 5) is 12.8. The lowest BCUT2D eigenvalue weighted by Gasteiger charge is -2.38. The molecule has 1 aliphatic rings. The molecule has 0 aliphatic carbocycles. The molecule has 0 amide bonds. The minimum absolute atomic E-state index is 0.188. The standard InChI is InChI=1S/C12H17N3O2/c1-9-8-14(10(2)7-13-9)11-5-3-4-6-12(11)15(16)17/h3-6,9-10,13H,7-8H2,1-2H3/t9-,10+/m1/s1. The normalized spacial score (nSPS) is 24.7. The predicted molar refractivity (Wildman–Crippen MR) is 67.4 cm³/mol. The van der Waals surface area contributed by atoms with Gasteiger partial charge in [0.25, 0.3) is 5.69 Å². The number of nitro benzene ring substituents is 1. The van der Waals surface area contributed by atoms with Gasteiger partial charge in [0.15, 0.2) is 0 Å². The highest BCUT2D eigenvalue weighted by Crippen LogP contribution is 2.30. The van der Waals surface area contributed by atoms with Crippen LogP contribution in [-0.2, 0) is 0 Å². The first-order valence-electron chi connectivity index (χ1n) is 5.83. The van der Waals surface area contributed by atoms with E-state index in [1.54, 1.807) is 12.1 Å². The zero-order chi connectivity index (χ0) is 12.4. The van der Waals surface area contributed by atoms with E-state index in [1.807, 2.05) is 12.1 Å². The van der Waals surface area contributed by atoms with E-state index in [2.05, 4.69) is 24.1 Å². The van der Waals surface area contributed by atoms with E-state index in [9.17, 15) is 10.1 Å². The minimum Gasteiger partial charge on any atom is -0.360 e. The number of nitro groups is 1. The quantitative estimate of drug-likeness (QED) is 0.627. The molecule has 1 aliphatic heterocycles. The molecule has 1 saturated heterocycles. The summed E-state index contributed by atoms with van der Waals surface area (Å²) in [5, 5.41) is 14.4. The van der Waals surface area contributed by atoms with Gasteiger partial charge in [-0.15, -0.1) is 0 Å². The fourth-order valence-corrected chi connectivity index (χ4v) is 2.22. The summed E-state index contributed by atoms with van der Waals surface area (Å²) in [5.74, 6) is 0. The van der Waals surface area contributed by atoms with E-state index < -0.39 is 0 Å². The lowest BCUT2D eigenvalue weighted by molar-refractivity contribution is -0.384. The van der Waals surface area contributed by atoms with Crippen LogP contribution >= 0.6 is 0 Å². The predicted octanol–water partition coefficient (Wildman–Crippen LogP) is 1.78. The van der Waals surface area contributed by atoms with Gasteiger partial charge in [-0.3, -0.25) is 10.1 Å². The molecular weight excluding hydrogens is 218 g/mol. The van der Waals surface area contributed by atoms with Crippen molar-refractivity contribution >= 4 is 11.4 Å². The minimum atomic E-state index is -0.311. The molecule has 1 aromatic carbocycles. The maximum absolute atomic E-state index is 11.0. The van der Waals surface area contributed by atoms with Crippen molar-refractivity contribution in [1.82, 2.24) is 5.32 Å². The first-order chi connectivity index (χ1) is 8.09. The Labute approximate surface area is 101 Å². The topological polar surface area (TPSA) is 58.4 Å². The number of hydrogen-bond donors (Lipinski definition) is 1. The molecule has 1 aromatic rings. The highest BCUT2D eigenvalue weighted by Gasteiger charge is 2.27. The van der Waals surface area contributed by atoms with Crippen molar-refractivity contribution in [3.05, 3.63) is 34.4 Å². The summed E-state index contributed by atoms with van der Waals surface area (Å²) in [7, 11) is 0. The number of piperazine rings is 1. The van der Waals surface area contributed by atoms with Gasteiger partial charge in [0.2, 0.25) is 0 Å². The average molecular weight is 235 g/mol. The van der Waals surface area contributed by atoms with Crippen molar-refractivity contribution in [3.8, 4) is 0 Å². The second-order valence-electron chi connectivity index (χ2n) is 4.56. The Kier molecular flexibility index (Phi) is 3.28. The molecule has 0 saturated carbocycles. The molecule has 1 N–H and O–H groups in total. The number of benzene rings is 1. The van der Waals surface area contributed by atoms with E-state index in [4.69, 9.17) is 0 Å².